The minimum atomic E-state index is -0.136. The standard InChI is InChI=1S/C12H17NO4/c1-13(17-4)12(14)7-9-5-10(15-2)8-11(6-9)16-3/h5-6,8H,7H2,1-4H3. The summed E-state index contributed by atoms with van der Waals surface area (Å²) in [6.45, 7) is 0. The first kappa shape index (κ1) is 13.3. The molecule has 0 aliphatic carbocycles. The summed E-state index contributed by atoms with van der Waals surface area (Å²) in [5.74, 6) is 1.18. The summed E-state index contributed by atoms with van der Waals surface area (Å²) in [5.41, 5.74) is 0.815. The van der Waals surface area contributed by atoms with Crippen LogP contribution >= 0.6 is 0 Å². The third-order valence-corrected chi connectivity index (χ3v) is 2.39. The maximum atomic E-state index is 11.7. The lowest BCUT2D eigenvalue weighted by molar-refractivity contribution is -0.167. The molecule has 0 radical (unpaired) electrons. The molecule has 1 aromatic rings. The van der Waals surface area contributed by atoms with Gasteiger partial charge >= 0.3 is 0 Å². The number of nitrogens with zero attached hydrogens (tertiary/aromatic N) is 1. The van der Waals surface area contributed by atoms with Crippen molar-refractivity contribution in [2.24, 2.45) is 0 Å². The molecule has 0 bridgehead atoms. The van der Waals surface area contributed by atoms with Gasteiger partial charge in [0, 0.05) is 13.1 Å². The number of likely N-dealkylation sites (N-methyl/N-ethyl adjacent to an activating group) is 1. The van der Waals surface area contributed by atoms with Gasteiger partial charge in [0.1, 0.15) is 11.5 Å². The number of rotatable bonds is 5. The van der Waals surface area contributed by atoms with E-state index in [-0.39, 0.29) is 12.3 Å². The SMILES string of the molecule is COc1cc(CC(=O)N(C)OC)cc(OC)c1. The lowest BCUT2D eigenvalue weighted by Crippen LogP contribution is -2.26. The molecule has 0 fully saturated rings. The Labute approximate surface area is 101 Å². The molecule has 0 aromatic heterocycles. The van der Waals surface area contributed by atoms with E-state index in [1.54, 1.807) is 39.5 Å². The first-order valence-corrected chi connectivity index (χ1v) is 5.13. The summed E-state index contributed by atoms with van der Waals surface area (Å²) in [6, 6.07) is 5.35. The Morgan fingerprint density at radius 1 is 1.12 bits per heavy atom. The predicted molar refractivity (Wildman–Crippen MR) is 63.0 cm³/mol. The predicted octanol–water partition coefficient (Wildman–Crippen LogP) is 1.27. The molecule has 1 aromatic carbocycles. The van der Waals surface area contributed by atoms with E-state index in [0.29, 0.717) is 11.5 Å². The second kappa shape index (κ2) is 6.10. The van der Waals surface area contributed by atoms with E-state index < -0.39 is 0 Å². The lowest BCUT2D eigenvalue weighted by atomic mass is 10.1. The maximum absolute atomic E-state index is 11.7. The average molecular weight is 239 g/mol. The Hall–Kier alpha value is -1.75. The van der Waals surface area contributed by atoms with Crippen LogP contribution in [0.15, 0.2) is 18.2 Å². The van der Waals surface area contributed by atoms with E-state index in [0.717, 1.165) is 5.56 Å². The van der Waals surface area contributed by atoms with Crippen LogP contribution in [0.1, 0.15) is 5.56 Å². The van der Waals surface area contributed by atoms with Gasteiger partial charge in [-0.2, -0.15) is 0 Å². The zero-order chi connectivity index (χ0) is 12.8. The minimum Gasteiger partial charge on any atom is -0.497 e. The van der Waals surface area contributed by atoms with Crippen molar-refractivity contribution >= 4 is 5.91 Å². The molecule has 0 aliphatic heterocycles. The van der Waals surface area contributed by atoms with E-state index in [2.05, 4.69) is 0 Å². The lowest BCUT2D eigenvalue weighted by Gasteiger charge is -2.14. The molecule has 1 amide bonds. The van der Waals surface area contributed by atoms with E-state index in [4.69, 9.17) is 14.3 Å². The van der Waals surface area contributed by atoms with Gasteiger partial charge in [0.15, 0.2) is 0 Å². The monoisotopic (exact) mass is 239 g/mol. The molecule has 0 atom stereocenters. The molecule has 0 aliphatic rings. The number of benzene rings is 1. The van der Waals surface area contributed by atoms with E-state index in [1.165, 1.54) is 12.2 Å². The largest absolute Gasteiger partial charge is 0.497 e. The Bertz CT molecular complexity index is 370. The second-order valence-electron chi connectivity index (χ2n) is 3.47. The van der Waals surface area contributed by atoms with Gasteiger partial charge in [-0.25, -0.2) is 5.06 Å². The van der Waals surface area contributed by atoms with Crippen molar-refractivity contribution in [3.8, 4) is 11.5 Å². The topological polar surface area (TPSA) is 48.0 Å². The molecule has 0 spiro atoms. The fourth-order valence-corrected chi connectivity index (χ4v) is 1.36. The van der Waals surface area contributed by atoms with Gasteiger partial charge in [0.25, 0.3) is 0 Å². The Balaban J connectivity index is 2.86. The number of hydrogen-bond acceptors (Lipinski definition) is 4. The van der Waals surface area contributed by atoms with Crippen LogP contribution in [0.25, 0.3) is 0 Å². The molecule has 0 heterocycles. The molecule has 0 N–H and O–H groups in total. The van der Waals surface area contributed by atoms with Crippen LogP contribution < -0.4 is 9.47 Å². The van der Waals surface area contributed by atoms with Crippen LogP contribution in [0.5, 0.6) is 11.5 Å². The molecular weight excluding hydrogens is 222 g/mol. The summed E-state index contributed by atoms with van der Waals surface area (Å²) in [4.78, 5) is 16.5. The number of carbonyl (C=O) groups excluding carboxylic acids is 1. The van der Waals surface area contributed by atoms with Crippen molar-refractivity contribution in [1.29, 1.82) is 0 Å². The van der Waals surface area contributed by atoms with Crippen molar-refractivity contribution in [2.75, 3.05) is 28.4 Å². The zero-order valence-corrected chi connectivity index (χ0v) is 10.5. The fourth-order valence-electron chi connectivity index (χ4n) is 1.36. The van der Waals surface area contributed by atoms with Crippen molar-refractivity contribution in [3.05, 3.63) is 23.8 Å². The summed E-state index contributed by atoms with van der Waals surface area (Å²) in [7, 11) is 6.16. The first-order valence-electron chi connectivity index (χ1n) is 5.13. The van der Waals surface area contributed by atoms with Gasteiger partial charge in [0.2, 0.25) is 5.91 Å². The van der Waals surface area contributed by atoms with Crippen LogP contribution in [0.2, 0.25) is 0 Å². The van der Waals surface area contributed by atoms with Gasteiger partial charge in [0.05, 0.1) is 27.8 Å². The smallest absolute Gasteiger partial charge is 0.250 e. The van der Waals surface area contributed by atoms with Crippen molar-refractivity contribution < 1.29 is 19.1 Å². The molecule has 94 valence electrons. The van der Waals surface area contributed by atoms with E-state index in [1.807, 2.05) is 0 Å². The molecule has 17 heavy (non-hydrogen) atoms. The van der Waals surface area contributed by atoms with E-state index in [9.17, 15) is 4.79 Å². The van der Waals surface area contributed by atoms with Crippen molar-refractivity contribution in [1.82, 2.24) is 5.06 Å². The summed E-state index contributed by atoms with van der Waals surface area (Å²) < 4.78 is 10.3. The van der Waals surface area contributed by atoms with Gasteiger partial charge in [-0.1, -0.05) is 0 Å². The third kappa shape index (κ3) is 3.64. The van der Waals surface area contributed by atoms with Crippen LogP contribution in [-0.2, 0) is 16.1 Å². The molecule has 0 saturated heterocycles. The quantitative estimate of drug-likeness (QED) is 0.726. The number of ether oxygens (including phenoxy) is 2. The van der Waals surface area contributed by atoms with Gasteiger partial charge in [-0.05, 0) is 17.7 Å². The second-order valence-corrected chi connectivity index (χ2v) is 3.47. The highest BCUT2D eigenvalue weighted by atomic mass is 16.7. The molecule has 0 saturated carbocycles. The number of hydroxylamine groups is 2. The molecule has 5 nitrogen and oxygen atoms in total. The van der Waals surface area contributed by atoms with Crippen LogP contribution in [0.4, 0.5) is 0 Å². The molecule has 0 unspecified atom stereocenters. The third-order valence-electron chi connectivity index (χ3n) is 2.39. The summed E-state index contributed by atoms with van der Waals surface area (Å²) in [5, 5.41) is 1.19. The Kier molecular flexibility index (Phi) is 4.78. The number of methoxy groups -OCH3 is 2. The van der Waals surface area contributed by atoms with E-state index >= 15 is 0 Å². The van der Waals surface area contributed by atoms with Crippen LogP contribution in [0.3, 0.4) is 0 Å². The van der Waals surface area contributed by atoms with Crippen LogP contribution in [-0.4, -0.2) is 39.3 Å². The maximum Gasteiger partial charge on any atom is 0.250 e. The van der Waals surface area contributed by atoms with Crippen molar-refractivity contribution in [3.63, 3.8) is 0 Å². The summed E-state index contributed by atoms with van der Waals surface area (Å²) >= 11 is 0. The molecule has 1 rings (SSSR count). The number of carbonyl (C=O) groups is 1. The Morgan fingerprint density at radius 3 is 2.06 bits per heavy atom. The first-order chi connectivity index (χ1) is 8.10. The molecule has 5 heteroatoms. The van der Waals surface area contributed by atoms with Crippen molar-refractivity contribution in [2.45, 2.75) is 6.42 Å². The fraction of sp³-hybridized carbons (Fsp3) is 0.417. The Morgan fingerprint density at radius 2 is 1.65 bits per heavy atom. The van der Waals surface area contributed by atoms with Gasteiger partial charge in [-0.15, -0.1) is 0 Å². The van der Waals surface area contributed by atoms with Gasteiger partial charge in [-0.3, -0.25) is 9.63 Å². The minimum absolute atomic E-state index is 0.136. The highest BCUT2D eigenvalue weighted by Crippen LogP contribution is 2.22. The average Bonchev–Trinajstić information content (AvgIpc) is 2.36. The highest BCUT2D eigenvalue weighted by Gasteiger charge is 2.11. The number of amides is 1. The molecular formula is C12H17NO4. The zero-order valence-electron chi connectivity index (χ0n) is 10.5. The highest BCUT2D eigenvalue weighted by molar-refractivity contribution is 5.77. The number of hydrogen-bond donors (Lipinski definition) is 0. The van der Waals surface area contributed by atoms with Crippen LogP contribution in [0, 0.1) is 0 Å². The summed E-state index contributed by atoms with van der Waals surface area (Å²) in [6.07, 6.45) is 0.234. The normalized spacial score (nSPS) is 9.88. The van der Waals surface area contributed by atoms with Gasteiger partial charge < -0.3 is 9.47 Å².